The number of Topliss-reactive ketones (excluding diaryl/α,β-unsaturated/α-hetero) is 1. The fourth-order valence-corrected chi connectivity index (χ4v) is 7.71. The van der Waals surface area contributed by atoms with Gasteiger partial charge in [0.15, 0.2) is 0 Å². The molecule has 0 radical (unpaired) electrons. The zero-order valence-corrected chi connectivity index (χ0v) is 24.5. The number of amides is 5. The summed E-state index contributed by atoms with van der Waals surface area (Å²) in [5.74, 6) is -1.93. The van der Waals surface area contributed by atoms with Crippen molar-refractivity contribution in [2.45, 2.75) is 122 Å². The molecule has 4 aliphatic carbocycles. The predicted octanol–water partition coefficient (Wildman–Crippen LogP) is 2.39. The Morgan fingerprint density at radius 3 is 2.15 bits per heavy atom. The van der Waals surface area contributed by atoms with Crippen molar-refractivity contribution in [2.24, 2.45) is 34.3 Å². The zero-order chi connectivity index (χ0) is 29.0. The smallest absolute Gasteiger partial charge is 0.315 e. The molecule has 4 unspecified atom stereocenters. The molecule has 10 nitrogen and oxygen atoms in total. The Kier molecular flexibility index (Phi) is 7.45. The van der Waals surface area contributed by atoms with Gasteiger partial charge in [0.25, 0.3) is 5.91 Å². The van der Waals surface area contributed by atoms with Crippen LogP contribution < -0.4 is 21.7 Å². The van der Waals surface area contributed by atoms with Crippen LogP contribution in [-0.2, 0) is 19.2 Å². The minimum Gasteiger partial charge on any atom is -0.363 e. The zero-order valence-electron chi connectivity index (χ0n) is 24.5. The van der Waals surface area contributed by atoms with E-state index >= 15 is 0 Å². The van der Waals surface area contributed by atoms with Crippen molar-refractivity contribution in [1.82, 2.24) is 20.9 Å². The topological polar surface area (TPSA) is 151 Å². The minimum absolute atomic E-state index is 0.0433. The van der Waals surface area contributed by atoms with Gasteiger partial charge in [0.05, 0.1) is 6.04 Å². The monoisotopic (exact) mass is 557 g/mol. The number of likely N-dealkylation sites (tertiary alicyclic amines) is 1. The number of piperidine rings is 1. The number of carbonyl (C=O) groups is 5. The van der Waals surface area contributed by atoms with Crippen LogP contribution in [0.5, 0.6) is 0 Å². The van der Waals surface area contributed by atoms with Gasteiger partial charge in [-0.05, 0) is 67.1 Å². The van der Waals surface area contributed by atoms with Gasteiger partial charge in [0, 0.05) is 12.1 Å². The van der Waals surface area contributed by atoms with Crippen LogP contribution in [0.4, 0.5) is 4.79 Å². The highest BCUT2D eigenvalue weighted by Crippen LogP contribution is 2.78. The van der Waals surface area contributed by atoms with E-state index < -0.39 is 41.1 Å². The fourth-order valence-electron chi connectivity index (χ4n) is 7.71. The summed E-state index contributed by atoms with van der Waals surface area (Å²) in [5, 5.41) is 9.00. The van der Waals surface area contributed by atoms with E-state index in [1.807, 2.05) is 20.8 Å². The highest BCUT2D eigenvalue weighted by molar-refractivity contribution is 6.37. The Labute approximate surface area is 237 Å². The number of carbonyl (C=O) groups excluding carboxylic acids is 5. The molecule has 0 aromatic rings. The molecular weight excluding hydrogens is 510 g/mol. The van der Waals surface area contributed by atoms with Crippen molar-refractivity contribution in [2.75, 3.05) is 6.54 Å². The van der Waals surface area contributed by atoms with Crippen molar-refractivity contribution in [3.63, 3.8) is 0 Å². The number of primary amides is 1. The van der Waals surface area contributed by atoms with E-state index in [9.17, 15) is 24.0 Å². The first-order valence-corrected chi connectivity index (χ1v) is 15.3. The molecule has 5 N–H and O–H groups in total. The van der Waals surface area contributed by atoms with Crippen molar-refractivity contribution in [3.8, 4) is 0 Å². The number of hydrogen-bond acceptors (Lipinski definition) is 5. The van der Waals surface area contributed by atoms with E-state index in [4.69, 9.17) is 5.73 Å². The van der Waals surface area contributed by atoms with Crippen molar-refractivity contribution in [1.29, 1.82) is 0 Å². The largest absolute Gasteiger partial charge is 0.363 e. The second-order valence-corrected chi connectivity index (χ2v) is 14.4. The Bertz CT molecular complexity index is 1070. The van der Waals surface area contributed by atoms with Crippen LogP contribution in [0.15, 0.2) is 0 Å². The number of nitrogens with zero attached hydrogens (tertiary/aromatic N) is 1. The highest BCUT2D eigenvalue weighted by atomic mass is 16.2. The lowest BCUT2D eigenvalue weighted by molar-refractivity contribution is -0.144. The van der Waals surface area contributed by atoms with Gasteiger partial charge < -0.3 is 26.6 Å². The molecule has 5 aliphatic rings. The molecule has 1 heterocycles. The summed E-state index contributed by atoms with van der Waals surface area (Å²) in [5.41, 5.74) is 4.56. The van der Waals surface area contributed by atoms with Crippen LogP contribution in [0.2, 0.25) is 0 Å². The summed E-state index contributed by atoms with van der Waals surface area (Å²) in [7, 11) is 0. The summed E-state index contributed by atoms with van der Waals surface area (Å²) >= 11 is 0. The maximum Gasteiger partial charge on any atom is 0.315 e. The van der Waals surface area contributed by atoms with E-state index in [1.54, 1.807) is 4.90 Å². The molecule has 4 saturated carbocycles. The van der Waals surface area contributed by atoms with Crippen LogP contribution >= 0.6 is 0 Å². The number of ketones is 1. The number of fused-ring (bicyclic) bond motifs is 3. The maximum atomic E-state index is 14.2. The second-order valence-electron chi connectivity index (χ2n) is 14.4. The standard InChI is InChI=1S/C30H47N5O5/c1-5-29(11-7-6-8-12-29)34-27(40)33-23(28(2,3)4)26(39)35-16-18-20(30(18)13-14-30)21(35)25(38)32-19(15-17-9-10-17)22(36)24(31)37/h17-21,23H,5-16H2,1-4H3,(H2,31,37)(H,32,38)(H2,33,34,40)/t18?,19?,20?,21?,23-/m1/s1. The predicted molar refractivity (Wildman–Crippen MR) is 149 cm³/mol. The molecule has 0 aromatic heterocycles. The molecule has 222 valence electrons. The normalized spacial score (nSPS) is 29.1. The number of nitrogens with two attached hydrogens (primary N) is 1. The van der Waals surface area contributed by atoms with Gasteiger partial charge >= 0.3 is 6.03 Å². The average Bonchev–Trinajstić information content (AvgIpc) is 3.86. The van der Waals surface area contributed by atoms with Crippen LogP contribution in [0.3, 0.4) is 0 Å². The molecule has 1 aliphatic heterocycles. The first-order valence-electron chi connectivity index (χ1n) is 15.3. The molecule has 0 bridgehead atoms. The Hall–Kier alpha value is -2.65. The Morgan fingerprint density at radius 1 is 0.975 bits per heavy atom. The van der Waals surface area contributed by atoms with Gasteiger partial charge in [-0.25, -0.2) is 4.79 Å². The summed E-state index contributed by atoms with van der Waals surface area (Å²) in [6.07, 6.45) is 10.4. The van der Waals surface area contributed by atoms with Crippen molar-refractivity contribution >= 4 is 29.5 Å². The molecule has 10 heteroatoms. The van der Waals surface area contributed by atoms with E-state index in [0.29, 0.717) is 18.9 Å². The lowest BCUT2D eigenvalue weighted by Crippen LogP contribution is -2.62. The SMILES string of the molecule is CCC1(NC(=O)N[C@H](C(=O)N2CC3C(C2C(=O)NC(CC2CC2)C(=O)C(N)=O)C32CC2)C(C)(C)C)CCCCC1. The average molecular weight is 558 g/mol. The van der Waals surface area contributed by atoms with Gasteiger partial charge in [-0.3, -0.25) is 19.2 Å². The summed E-state index contributed by atoms with van der Waals surface area (Å²) in [6.45, 7) is 8.30. The summed E-state index contributed by atoms with van der Waals surface area (Å²) in [4.78, 5) is 67.1. The van der Waals surface area contributed by atoms with Crippen molar-refractivity contribution in [3.05, 3.63) is 0 Å². The highest BCUT2D eigenvalue weighted by Gasteiger charge is 2.79. The lowest BCUT2D eigenvalue weighted by atomic mass is 9.80. The number of nitrogens with one attached hydrogen (secondary N) is 3. The second kappa shape index (κ2) is 10.3. The Balaban J connectivity index is 1.32. The van der Waals surface area contributed by atoms with Crippen LogP contribution in [0, 0.1) is 28.6 Å². The van der Waals surface area contributed by atoms with E-state index in [2.05, 4.69) is 22.9 Å². The summed E-state index contributed by atoms with van der Waals surface area (Å²) < 4.78 is 0. The molecular formula is C30H47N5O5. The number of urea groups is 1. The maximum absolute atomic E-state index is 14.2. The molecule has 5 rings (SSSR count). The number of rotatable bonds is 10. The van der Waals surface area contributed by atoms with Crippen LogP contribution in [-0.4, -0.2) is 64.6 Å². The van der Waals surface area contributed by atoms with Crippen LogP contribution in [0.1, 0.15) is 98.3 Å². The van der Waals surface area contributed by atoms with E-state index in [1.165, 1.54) is 6.42 Å². The summed E-state index contributed by atoms with van der Waals surface area (Å²) in [6, 6.07) is -2.87. The van der Waals surface area contributed by atoms with Gasteiger partial charge in [-0.2, -0.15) is 0 Å². The quantitative estimate of drug-likeness (QED) is 0.304. The van der Waals surface area contributed by atoms with Gasteiger partial charge in [0.1, 0.15) is 12.1 Å². The van der Waals surface area contributed by atoms with Crippen LogP contribution in [0.25, 0.3) is 0 Å². The third kappa shape index (κ3) is 5.47. The van der Waals surface area contributed by atoms with Gasteiger partial charge in [-0.1, -0.05) is 59.8 Å². The lowest BCUT2D eigenvalue weighted by Gasteiger charge is -2.40. The molecule has 5 amide bonds. The number of hydrogen-bond donors (Lipinski definition) is 4. The first-order chi connectivity index (χ1) is 18.8. The third-order valence-electron chi connectivity index (χ3n) is 10.6. The van der Waals surface area contributed by atoms with Gasteiger partial charge in [0.2, 0.25) is 17.6 Å². The molecule has 1 saturated heterocycles. The van der Waals surface area contributed by atoms with E-state index in [0.717, 1.165) is 57.8 Å². The third-order valence-corrected chi connectivity index (χ3v) is 10.6. The molecule has 5 atom stereocenters. The molecule has 5 fully saturated rings. The molecule has 40 heavy (non-hydrogen) atoms. The molecule has 1 spiro atoms. The van der Waals surface area contributed by atoms with Crippen molar-refractivity contribution < 1.29 is 24.0 Å². The van der Waals surface area contributed by atoms with E-state index in [-0.39, 0.29) is 34.7 Å². The fraction of sp³-hybridized carbons (Fsp3) is 0.833. The minimum atomic E-state index is -1.06. The molecule has 0 aromatic carbocycles. The Morgan fingerprint density at radius 2 is 1.62 bits per heavy atom. The first kappa shape index (κ1) is 28.9. The van der Waals surface area contributed by atoms with Gasteiger partial charge in [-0.15, -0.1) is 0 Å².